The van der Waals surface area contributed by atoms with Crippen LogP contribution in [0.5, 0.6) is 0 Å². The summed E-state index contributed by atoms with van der Waals surface area (Å²) in [5.74, 6) is 0. The number of benzene rings is 2. The quantitative estimate of drug-likeness (QED) is 0.872. The fourth-order valence-corrected chi connectivity index (χ4v) is 3.17. The third kappa shape index (κ3) is 2.85. The van der Waals surface area contributed by atoms with Crippen LogP contribution >= 0.6 is 23.2 Å². The lowest BCUT2D eigenvalue weighted by Gasteiger charge is -2.14. The van der Waals surface area contributed by atoms with Gasteiger partial charge in [-0.25, -0.2) is 0 Å². The zero-order valence-electron chi connectivity index (χ0n) is 11.2. The first-order chi connectivity index (χ1) is 9.63. The summed E-state index contributed by atoms with van der Waals surface area (Å²) < 4.78 is 0. The van der Waals surface area contributed by atoms with Crippen molar-refractivity contribution in [3.63, 3.8) is 0 Å². The first kappa shape index (κ1) is 13.9. The van der Waals surface area contributed by atoms with Gasteiger partial charge < -0.3 is 5.73 Å². The summed E-state index contributed by atoms with van der Waals surface area (Å²) in [4.78, 5) is 0. The van der Waals surface area contributed by atoms with E-state index >= 15 is 0 Å². The van der Waals surface area contributed by atoms with Crippen molar-refractivity contribution in [2.75, 3.05) is 0 Å². The maximum absolute atomic E-state index is 6.29. The topological polar surface area (TPSA) is 26.0 Å². The Morgan fingerprint density at radius 2 is 1.75 bits per heavy atom. The fourth-order valence-electron chi connectivity index (χ4n) is 2.87. The smallest absolute Gasteiger partial charge is 0.0595 e. The molecule has 0 saturated carbocycles. The summed E-state index contributed by atoms with van der Waals surface area (Å²) in [5, 5.41) is 1.13. The van der Waals surface area contributed by atoms with Gasteiger partial charge in [-0.1, -0.05) is 47.5 Å². The summed E-state index contributed by atoms with van der Waals surface area (Å²) in [7, 11) is 0. The molecule has 1 atom stereocenters. The minimum atomic E-state index is -0.0516. The van der Waals surface area contributed by atoms with E-state index in [0.29, 0.717) is 10.0 Å². The van der Waals surface area contributed by atoms with Crippen LogP contribution in [0.15, 0.2) is 36.4 Å². The van der Waals surface area contributed by atoms with Gasteiger partial charge in [-0.2, -0.15) is 0 Å². The normalized spacial score (nSPS) is 15.2. The second-order valence-electron chi connectivity index (χ2n) is 5.44. The molecular weight excluding hydrogens is 289 g/mol. The highest BCUT2D eigenvalue weighted by molar-refractivity contribution is 6.42. The van der Waals surface area contributed by atoms with Gasteiger partial charge in [0, 0.05) is 6.04 Å². The minimum absolute atomic E-state index is 0.0516. The van der Waals surface area contributed by atoms with E-state index in [1.165, 1.54) is 36.0 Å². The molecule has 0 aliphatic heterocycles. The van der Waals surface area contributed by atoms with Crippen molar-refractivity contribution in [3.8, 4) is 0 Å². The first-order valence-corrected chi connectivity index (χ1v) is 7.70. The van der Waals surface area contributed by atoms with Gasteiger partial charge in [0.25, 0.3) is 0 Å². The molecule has 0 amide bonds. The SMILES string of the molecule is NC(Cc1ccc2c(c1)CCC2)c1ccc(Cl)c(Cl)c1. The highest BCUT2D eigenvalue weighted by atomic mass is 35.5. The molecule has 1 aliphatic carbocycles. The van der Waals surface area contributed by atoms with Gasteiger partial charge in [0.15, 0.2) is 0 Å². The number of hydrogen-bond acceptors (Lipinski definition) is 1. The van der Waals surface area contributed by atoms with Crippen molar-refractivity contribution in [1.29, 1.82) is 0 Å². The van der Waals surface area contributed by atoms with E-state index in [-0.39, 0.29) is 6.04 Å². The number of halogens is 2. The van der Waals surface area contributed by atoms with E-state index < -0.39 is 0 Å². The summed E-state index contributed by atoms with van der Waals surface area (Å²) >= 11 is 12.0. The van der Waals surface area contributed by atoms with Crippen molar-refractivity contribution >= 4 is 23.2 Å². The molecule has 1 unspecified atom stereocenters. The van der Waals surface area contributed by atoms with Crippen molar-refractivity contribution in [2.24, 2.45) is 5.73 Å². The Morgan fingerprint density at radius 3 is 2.55 bits per heavy atom. The molecule has 2 aromatic carbocycles. The molecule has 0 saturated heterocycles. The maximum Gasteiger partial charge on any atom is 0.0595 e. The summed E-state index contributed by atoms with van der Waals surface area (Å²) in [6, 6.07) is 12.3. The second-order valence-corrected chi connectivity index (χ2v) is 6.26. The van der Waals surface area contributed by atoms with E-state index in [1.54, 1.807) is 0 Å². The maximum atomic E-state index is 6.29. The lowest BCUT2D eigenvalue weighted by atomic mass is 9.97. The summed E-state index contributed by atoms with van der Waals surface area (Å²) in [6.07, 6.45) is 4.52. The monoisotopic (exact) mass is 305 g/mol. The minimum Gasteiger partial charge on any atom is -0.324 e. The van der Waals surface area contributed by atoms with Gasteiger partial charge in [0.05, 0.1) is 10.0 Å². The molecule has 0 bridgehead atoms. The Kier molecular flexibility index (Phi) is 4.02. The molecule has 0 fully saturated rings. The van der Waals surface area contributed by atoms with E-state index in [2.05, 4.69) is 18.2 Å². The third-order valence-corrected chi connectivity index (χ3v) is 4.73. The van der Waals surface area contributed by atoms with E-state index in [4.69, 9.17) is 28.9 Å². The lowest BCUT2D eigenvalue weighted by Crippen LogP contribution is -2.13. The molecule has 3 heteroatoms. The molecule has 2 N–H and O–H groups in total. The van der Waals surface area contributed by atoms with Crippen molar-refractivity contribution in [3.05, 3.63) is 68.7 Å². The average molecular weight is 306 g/mol. The van der Waals surface area contributed by atoms with E-state index in [0.717, 1.165) is 12.0 Å². The van der Waals surface area contributed by atoms with Crippen LogP contribution in [0.1, 0.15) is 34.7 Å². The van der Waals surface area contributed by atoms with Gasteiger partial charge in [0.1, 0.15) is 0 Å². The average Bonchev–Trinajstić information content (AvgIpc) is 2.89. The molecule has 0 aromatic heterocycles. The fraction of sp³-hybridized carbons (Fsp3) is 0.294. The molecule has 0 heterocycles. The van der Waals surface area contributed by atoms with Gasteiger partial charge in [-0.15, -0.1) is 0 Å². The molecule has 0 spiro atoms. The Bertz CT molecular complexity index is 637. The van der Waals surface area contributed by atoms with Crippen LogP contribution < -0.4 is 5.73 Å². The predicted octanol–water partition coefficient (Wildman–Crippen LogP) is 4.72. The largest absolute Gasteiger partial charge is 0.324 e. The molecule has 0 radical (unpaired) electrons. The Hall–Kier alpha value is -1.02. The van der Waals surface area contributed by atoms with Crippen LogP contribution in [-0.2, 0) is 19.3 Å². The summed E-state index contributed by atoms with van der Waals surface area (Å²) in [6.45, 7) is 0. The van der Waals surface area contributed by atoms with Crippen molar-refractivity contribution < 1.29 is 0 Å². The first-order valence-electron chi connectivity index (χ1n) is 6.94. The van der Waals surface area contributed by atoms with Gasteiger partial charge in [0.2, 0.25) is 0 Å². The number of hydrogen-bond donors (Lipinski definition) is 1. The number of aryl methyl sites for hydroxylation is 2. The summed E-state index contributed by atoms with van der Waals surface area (Å²) in [5.41, 5.74) is 11.6. The standard InChI is InChI=1S/C17H17Cl2N/c18-15-7-6-14(10-16(15)19)17(20)9-11-4-5-12-2-1-3-13(12)8-11/h4-8,10,17H,1-3,9,20H2. The zero-order valence-corrected chi connectivity index (χ0v) is 12.7. The number of rotatable bonds is 3. The van der Waals surface area contributed by atoms with Crippen LogP contribution in [0.3, 0.4) is 0 Å². The van der Waals surface area contributed by atoms with Gasteiger partial charge in [-0.3, -0.25) is 0 Å². The molecular formula is C17H17Cl2N. The van der Waals surface area contributed by atoms with Crippen LogP contribution in [0.2, 0.25) is 10.0 Å². The zero-order chi connectivity index (χ0) is 14.1. The molecule has 1 nitrogen and oxygen atoms in total. The van der Waals surface area contributed by atoms with Crippen molar-refractivity contribution in [1.82, 2.24) is 0 Å². The second kappa shape index (κ2) is 5.77. The molecule has 2 aromatic rings. The van der Waals surface area contributed by atoms with Crippen molar-refractivity contribution in [2.45, 2.75) is 31.7 Å². The van der Waals surface area contributed by atoms with Gasteiger partial charge >= 0.3 is 0 Å². The van der Waals surface area contributed by atoms with Gasteiger partial charge in [-0.05, 0) is 60.1 Å². The van der Waals surface area contributed by atoms with E-state index in [9.17, 15) is 0 Å². The Balaban J connectivity index is 1.78. The third-order valence-electron chi connectivity index (χ3n) is 3.99. The van der Waals surface area contributed by atoms with Crippen LogP contribution in [0.4, 0.5) is 0 Å². The van der Waals surface area contributed by atoms with Crippen LogP contribution in [0.25, 0.3) is 0 Å². The van der Waals surface area contributed by atoms with E-state index in [1.807, 2.05) is 18.2 Å². The Morgan fingerprint density at radius 1 is 0.950 bits per heavy atom. The number of fused-ring (bicyclic) bond motifs is 1. The number of nitrogens with two attached hydrogens (primary N) is 1. The van der Waals surface area contributed by atoms with Crippen LogP contribution in [-0.4, -0.2) is 0 Å². The molecule has 104 valence electrons. The molecule has 1 aliphatic rings. The Labute approximate surface area is 129 Å². The van der Waals surface area contributed by atoms with Crippen LogP contribution in [0, 0.1) is 0 Å². The predicted molar refractivity (Wildman–Crippen MR) is 85.6 cm³/mol. The highest BCUT2D eigenvalue weighted by Crippen LogP contribution is 2.28. The molecule has 3 rings (SSSR count). The molecule has 20 heavy (non-hydrogen) atoms. The highest BCUT2D eigenvalue weighted by Gasteiger charge is 2.13. The lowest BCUT2D eigenvalue weighted by molar-refractivity contribution is 0.721.